The maximum Gasteiger partial charge on any atom is 0.417 e. The molecule has 0 fully saturated rings. The van der Waals surface area contributed by atoms with Crippen LogP contribution in [0.5, 0.6) is 0 Å². The normalized spacial score (nSPS) is 11.9. The van der Waals surface area contributed by atoms with Crippen LogP contribution in [0.2, 0.25) is 5.02 Å². The Morgan fingerprint density at radius 2 is 1.53 bits per heavy atom. The van der Waals surface area contributed by atoms with E-state index in [1.54, 1.807) is 25.1 Å². The third-order valence-electron chi connectivity index (χ3n) is 3.96. The molecule has 162 valence electrons. The molecular weight excluding hydrogens is 438 g/mol. The zero-order valence-electron chi connectivity index (χ0n) is 15.3. The fourth-order valence-corrected chi connectivity index (χ4v) is 2.67. The van der Waals surface area contributed by atoms with Crippen molar-refractivity contribution in [1.29, 1.82) is 0 Å². The van der Waals surface area contributed by atoms with Gasteiger partial charge in [-0.2, -0.15) is 26.3 Å². The minimum atomic E-state index is -5.28. The van der Waals surface area contributed by atoms with Gasteiger partial charge in [-0.25, -0.2) is 0 Å². The summed E-state index contributed by atoms with van der Waals surface area (Å²) in [6, 6.07) is 6.15. The SMILES string of the molecule is Cc1ccc(CNC(=O)CC(=O)Nc2ccc(C(F)(F)F)c(C(F)(F)F)c2)cc1Cl. The van der Waals surface area contributed by atoms with Gasteiger partial charge in [0.25, 0.3) is 0 Å². The summed E-state index contributed by atoms with van der Waals surface area (Å²) < 4.78 is 77.1. The molecule has 4 nitrogen and oxygen atoms in total. The van der Waals surface area contributed by atoms with Crippen molar-refractivity contribution in [2.45, 2.75) is 32.2 Å². The number of hydrogen-bond donors (Lipinski definition) is 2. The third-order valence-corrected chi connectivity index (χ3v) is 4.37. The van der Waals surface area contributed by atoms with Crippen LogP contribution >= 0.6 is 11.6 Å². The highest BCUT2D eigenvalue weighted by Gasteiger charge is 2.43. The lowest BCUT2D eigenvalue weighted by atomic mass is 10.1. The Labute approximate surface area is 172 Å². The lowest BCUT2D eigenvalue weighted by Gasteiger charge is -2.17. The van der Waals surface area contributed by atoms with Gasteiger partial charge >= 0.3 is 12.4 Å². The number of carbonyl (C=O) groups is 2. The first-order valence-corrected chi connectivity index (χ1v) is 8.75. The summed E-state index contributed by atoms with van der Waals surface area (Å²) >= 11 is 5.96. The molecule has 0 aliphatic heterocycles. The second kappa shape index (κ2) is 8.95. The molecule has 0 aliphatic carbocycles. The predicted molar refractivity (Wildman–Crippen MR) is 97.7 cm³/mol. The van der Waals surface area contributed by atoms with Crippen LogP contribution in [0.25, 0.3) is 0 Å². The summed E-state index contributed by atoms with van der Waals surface area (Å²) in [5.74, 6) is -1.71. The molecule has 30 heavy (non-hydrogen) atoms. The van der Waals surface area contributed by atoms with Gasteiger partial charge in [0, 0.05) is 17.3 Å². The highest BCUT2D eigenvalue weighted by Crippen LogP contribution is 2.41. The molecular formula is C19H15ClF6N2O2. The van der Waals surface area contributed by atoms with Crippen molar-refractivity contribution < 1.29 is 35.9 Å². The van der Waals surface area contributed by atoms with Crippen LogP contribution in [0, 0.1) is 6.92 Å². The summed E-state index contributed by atoms with van der Waals surface area (Å²) in [4.78, 5) is 23.7. The molecule has 2 rings (SSSR count). The van der Waals surface area contributed by atoms with Crippen molar-refractivity contribution in [3.63, 3.8) is 0 Å². The number of benzene rings is 2. The maximum atomic E-state index is 12.9. The molecule has 0 aliphatic rings. The van der Waals surface area contributed by atoms with Crippen molar-refractivity contribution in [3.05, 3.63) is 63.7 Å². The summed E-state index contributed by atoms with van der Waals surface area (Å²) in [5, 5.41) is 4.92. The molecule has 0 saturated carbocycles. The maximum absolute atomic E-state index is 12.9. The Morgan fingerprint density at radius 3 is 2.10 bits per heavy atom. The van der Waals surface area contributed by atoms with Gasteiger partial charge in [-0.3, -0.25) is 9.59 Å². The molecule has 0 heterocycles. The second-order valence-corrected chi connectivity index (χ2v) is 6.75. The van der Waals surface area contributed by atoms with Crippen molar-refractivity contribution in [1.82, 2.24) is 5.32 Å². The van der Waals surface area contributed by atoms with Gasteiger partial charge in [0.2, 0.25) is 11.8 Å². The highest BCUT2D eigenvalue weighted by atomic mass is 35.5. The van der Waals surface area contributed by atoms with Gasteiger partial charge in [-0.1, -0.05) is 23.7 Å². The second-order valence-electron chi connectivity index (χ2n) is 6.34. The third kappa shape index (κ3) is 6.38. The van der Waals surface area contributed by atoms with Gasteiger partial charge in [-0.05, 0) is 42.3 Å². The average Bonchev–Trinajstić information content (AvgIpc) is 2.61. The van der Waals surface area contributed by atoms with Gasteiger partial charge in [0.05, 0.1) is 11.1 Å². The standard InChI is InChI=1S/C19H15ClF6N2O2/c1-10-2-3-11(6-15(10)20)9-27-16(29)8-17(30)28-12-4-5-13(18(21,22)23)14(7-12)19(24,25)26/h2-7H,8-9H2,1H3,(H,27,29)(H,28,30). The number of rotatable bonds is 5. The van der Waals surface area contributed by atoms with E-state index >= 15 is 0 Å². The molecule has 0 bridgehead atoms. The largest absolute Gasteiger partial charge is 0.417 e. The first-order chi connectivity index (χ1) is 13.8. The van der Waals surface area contributed by atoms with Crippen molar-refractivity contribution in [2.75, 3.05) is 5.32 Å². The monoisotopic (exact) mass is 452 g/mol. The molecule has 11 heteroatoms. The van der Waals surface area contributed by atoms with Crippen LogP contribution in [0.4, 0.5) is 32.0 Å². The first-order valence-electron chi connectivity index (χ1n) is 8.37. The van der Waals surface area contributed by atoms with Crippen LogP contribution in [-0.2, 0) is 28.5 Å². The molecule has 0 saturated heterocycles. The van der Waals surface area contributed by atoms with E-state index in [0.717, 1.165) is 5.56 Å². The zero-order valence-corrected chi connectivity index (χ0v) is 16.1. The van der Waals surface area contributed by atoms with Crippen LogP contribution in [0.3, 0.4) is 0 Å². The van der Waals surface area contributed by atoms with Gasteiger partial charge in [0.1, 0.15) is 6.42 Å². The number of amides is 2. The lowest BCUT2D eigenvalue weighted by molar-refractivity contribution is -0.162. The van der Waals surface area contributed by atoms with E-state index in [4.69, 9.17) is 11.6 Å². The number of carbonyl (C=O) groups excluding carboxylic acids is 2. The molecule has 0 spiro atoms. The number of aryl methyl sites for hydroxylation is 1. The number of hydrogen-bond acceptors (Lipinski definition) is 2. The van der Waals surface area contributed by atoms with Gasteiger partial charge in [0.15, 0.2) is 0 Å². The average molecular weight is 453 g/mol. The number of alkyl halides is 6. The van der Waals surface area contributed by atoms with E-state index < -0.39 is 47.4 Å². The zero-order chi connectivity index (χ0) is 22.7. The van der Waals surface area contributed by atoms with Crippen LogP contribution in [0.15, 0.2) is 36.4 Å². The Morgan fingerprint density at radius 1 is 0.900 bits per heavy atom. The van der Waals surface area contributed by atoms with E-state index in [2.05, 4.69) is 5.32 Å². The number of halogens is 7. The Bertz CT molecular complexity index is 957. The van der Waals surface area contributed by atoms with E-state index in [1.807, 2.05) is 5.32 Å². The Kier molecular flexibility index (Phi) is 7.02. The molecule has 0 aromatic heterocycles. The first kappa shape index (κ1) is 23.5. The van der Waals surface area contributed by atoms with E-state index in [0.29, 0.717) is 16.7 Å². The van der Waals surface area contributed by atoms with E-state index in [9.17, 15) is 35.9 Å². The van der Waals surface area contributed by atoms with Crippen LogP contribution in [-0.4, -0.2) is 11.8 Å². The molecule has 0 radical (unpaired) electrons. The van der Waals surface area contributed by atoms with Crippen molar-refractivity contribution in [3.8, 4) is 0 Å². The predicted octanol–water partition coefficient (Wildman–Crippen LogP) is 5.33. The quantitative estimate of drug-likeness (QED) is 0.476. The van der Waals surface area contributed by atoms with E-state index in [1.165, 1.54) is 0 Å². The summed E-state index contributed by atoms with van der Waals surface area (Å²) in [7, 11) is 0. The van der Waals surface area contributed by atoms with Gasteiger partial charge < -0.3 is 10.6 Å². The molecule has 2 N–H and O–H groups in total. The molecule has 0 unspecified atom stereocenters. The molecule has 2 aromatic rings. The molecule has 2 amide bonds. The summed E-state index contributed by atoms with van der Waals surface area (Å²) in [6.07, 6.45) is -11.2. The fourth-order valence-electron chi connectivity index (χ4n) is 2.46. The number of anilines is 1. The van der Waals surface area contributed by atoms with Crippen LogP contribution < -0.4 is 10.6 Å². The summed E-state index contributed by atoms with van der Waals surface area (Å²) in [6.45, 7) is 1.85. The van der Waals surface area contributed by atoms with Gasteiger partial charge in [-0.15, -0.1) is 0 Å². The lowest BCUT2D eigenvalue weighted by Crippen LogP contribution is -2.28. The highest BCUT2D eigenvalue weighted by molar-refractivity contribution is 6.31. The molecule has 2 aromatic carbocycles. The molecule has 0 atom stereocenters. The van der Waals surface area contributed by atoms with Crippen molar-refractivity contribution >= 4 is 29.1 Å². The summed E-state index contributed by atoms with van der Waals surface area (Å²) in [5.41, 5.74) is -2.83. The Balaban J connectivity index is 2.01. The van der Waals surface area contributed by atoms with Crippen LogP contribution in [0.1, 0.15) is 28.7 Å². The topological polar surface area (TPSA) is 58.2 Å². The minimum Gasteiger partial charge on any atom is -0.352 e. The van der Waals surface area contributed by atoms with E-state index in [-0.39, 0.29) is 18.7 Å². The fraction of sp³-hybridized carbons (Fsp3) is 0.263. The minimum absolute atomic E-state index is 0.0601. The number of nitrogens with one attached hydrogen (secondary N) is 2. The smallest absolute Gasteiger partial charge is 0.352 e. The van der Waals surface area contributed by atoms with Crippen molar-refractivity contribution in [2.24, 2.45) is 0 Å². The Hall–Kier alpha value is -2.75.